The van der Waals surface area contributed by atoms with Gasteiger partial charge < -0.3 is 14.2 Å². The van der Waals surface area contributed by atoms with Crippen molar-refractivity contribution in [1.29, 1.82) is 5.26 Å². The predicted octanol–water partition coefficient (Wildman–Crippen LogP) is 2.73. The second-order valence-electron chi connectivity index (χ2n) is 3.87. The van der Waals surface area contributed by atoms with Gasteiger partial charge in [-0.15, -0.1) is 0 Å². The standard InChI is InChI=1S/C16H17NO4/c1-4-9-21-16(18)13(11-17)10-12-7-6-8-14(20-5-2)15(12)19-3/h4,6-8,10H,1,5,9H2,2-3H3/b13-10+. The van der Waals surface area contributed by atoms with Gasteiger partial charge in [0, 0.05) is 5.56 Å². The van der Waals surface area contributed by atoms with Crippen LogP contribution in [0.4, 0.5) is 0 Å². The first-order valence-corrected chi connectivity index (χ1v) is 6.37. The molecule has 0 amide bonds. The van der Waals surface area contributed by atoms with Gasteiger partial charge >= 0.3 is 5.97 Å². The monoisotopic (exact) mass is 287 g/mol. The summed E-state index contributed by atoms with van der Waals surface area (Å²) in [6, 6.07) is 7.04. The van der Waals surface area contributed by atoms with Crippen LogP contribution in [0, 0.1) is 11.3 Å². The van der Waals surface area contributed by atoms with E-state index in [1.807, 2.05) is 13.0 Å². The first kappa shape index (κ1) is 16.3. The van der Waals surface area contributed by atoms with Crippen LogP contribution in [0.15, 0.2) is 36.4 Å². The van der Waals surface area contributed by atoms with E-state index in [-0.39, 0.29) is 12.2 Å². The van der Waals surface area contributed by atoms with Gasteiger partial charge in [-0.1, -0.05) is 24.8 Å². The molecule has 1 aromatic carbocycles. The Morgan fingerprint density at radius 1 is 1.48 bits per heavy atom. The summed E-state index contributed by atoms with van der Waals surface area (Å²) in [4.78, 5) is 11.7. The third-order valence-corrected chi connectivity index (χ3v) is 2.49. The van der Waals surface area contributed by atoms with Crippen LogP contribution in [-0.4, -0.2) is 26.3 Å². The highest BCUT2D eigenvalue weighted by molar-refractivity contribution is 5.98. The van der Waals surface area contributed by atoms with Crippen LogP contribution in [0.2, 0.25) is 0 Å². The van der Waals surface area contributed by atoms with Crippen molar-refractivity contribution >= 4 is 12.0 Å². The molecule has 0 atom stereocenters. The second-order valence-corrected chi connectivity index (χ2v) is 3.87. The van der Waals surface area contributed by atoms with Crippen molar-refractivity contribution in [1.82, 2.24) is 0 Å². The number of benzene rings is 1. The molecule has 0 aliphatic rings. The summed E-state index contributed by atoms with van der Waals surface area (Å²) in [5.41, 5.74) is 0.444. The molecule has 0 aliphatic heterocycles. The van der Waals surface area contributed by atoms with Gasteiger partial charge in [0.2, 0.25) is 0 Å². The lowest BCUT2D eigenvalue weighted by Crippen LogP contribution is -2.06. The van der Waals surface area contributed by atoms with Crippen molar-refractivity contribution in [3.8, 4) is 17.6 Å². The molecule has 5 heteroatoms. The minimum atomic E-state index is -0.707. The highest BCUT2D eigenvalue weighted by Crippen LogP contribution is 2.32. The van der Waals surface area contributed by atoms with Crippen molar-refractivity contribution in [2.45, 2.75) is 6.92 Å². The fraction of sp³-hybridized carbons (Fsp3) is 0.250. The summed E-state index contributed by atoms with van der Waals surface area (Å²) >= 11 is 0. The molecule has 0 heterocycles. The first-order valence-electron chi connectivity index (χ1n) is 6.37. The number of esters is 1. The number of carbonyl (C=O) groups is 1. The number of ether oxygens (including phenoxy) is 3. The van der Waals surface area contributed by atoms with E-state index in [2.05, 4.69) is 6.58 Å². The van der Waals surface area contributed by atoms with E-state index in [0.29, 0.717) is 23.7 Å². The fourth-order valence-electron chi connectivity index (χ4n) is 1.64. The van der Waals surface area contributed by atoms with Gasteiger partial charge in [0.1, 0.15) is 18.2 Å². The molecule has 0 saturated carbocycles. The van der Waals surface area contributed by atoms with E-state index >= 15 is 0 Å². The molecule has 1 aromatic rings. The van der Waals surface area contributed by atoms with Crippen molar-refractivity contribution in [2.75, 3.05) is 20.3 Å². The average molecular weight is 287 g/mol. The SMILES string of the molecule is C=CCOC(=O)/C(C#N)=C/c1cccc(OCC)c1OC. The van der Waals surface area contributed by atoms with Gasteiger partial charge in [-0.25, -0.2) is 4.79 Å². The molecular formula is C16H17NO4. The van der Waals surface area contributed by atoms with Gasteiger partial charge in [0.15, 0.2) is 11.5 Å². The first-order chi connectivity index (χ1) is 10.2. The number of rotatable bonds is 7. The van der Waals surface area contributed by atoms with Crippen molar-refractivity contribution in [2.24, 2.45) is 0 Å². The van der Waals surface area contributed by atoms with Crippen molar-refractivity contribution < 1.29 is 19.0 Å². The van der Waals surface area contributed by atoms with Gasteiger partial charge in [0.05, 0.1) is 13.7 Å². The molecular weight excluding hydrogens is 270 g/mol. The summed E-state index contributed by atoms with van der Waals surface area (Å²) in [6.07, 6.45) is 2.84. The molecule has 0 fully saturated rings. The molecule has 0 aliphatic carbocycles. The maximum absolute atomic E-state index is 11.7. The Kier molecular flexibility index (Phi) is 6.55. The summed E-state index contributed by atoms with van der Waals surface area (Å²) in [7, 11) is 1.50. The molecule has 21 heavy (non-hydrogen) atoms. The van der Waals surface area contributed by atoms with E-state index < -0.39 is 5.97 Å². The van der Waals surface area contributed by atoms with Crippen LogP contribution < -0.4 is 9.47 Å². The molecule has 0 bridgehead atoms. The Labute approximate surface area is 124 Å². The molecule has 1 rings (SSSR count). The van der Waals surface area contributed by atoms with Crippen LogP contribution in [-0.2, 0) is 9.53 Å². The quantitative estimate of drug-likeness (QED) is 0.334. The molecule has 0 spiro atoms. The minimum absolute atomic E-state index is 0.0496. The number of nitriles is 1. The Hall–Kier alpha value is -2.74. The maximum atomic E-state index is 11.7. The van der Waals surface area contributed by atoms with Crippen molar-refractivity contribution in [3.05, 3.63) is 42.0 Å². The Bertz CT molecular complexity index is 584. The molecule has 5 nitrogen and oxygen atoms in total. The third-order valence-electron chi connectivity index (χ3n) is 2.49. The number of hydrogen-bond acceptors (Lipinski definition) is 5. The Morgan fingerprint density at radius 3 is 2.81 bits per heavy atom. The van der Waals surface area contributed by atoms with Crippen LogP contribution in [0.5, 0.6) is 11.5 Å². The fourth-order valence-corrected chi connectivity index (χ4v) is 1.64. The largest absolute Gasteiger partial charge is 0.492 e. The smallest absolute Gasteiger partial charge is 0.349 e. The Balaban J connectivity index is 3.16. The number of nitrogens with zero attached hydrogens (tertiary/aromatic N) is 1. The number of para-hydroxylation sites is 1. The van der Waals surface area contributed by atoms with Gasteiger partial charge in [-0.05, 0) is 19.1 Å². The summed E-state index contributed by atoms with van der Waals surface area (Å²) in [5, 5.41) is 9.08. The third kappa shape index (κ3) is 4.39. The Morgan fingerprint density at radius 2 is 2.24 bits per heavy atom. The van der Waals surface area contributed by atoms with E-state index in [1.54, 1.807) is 18.2 Å². The zero-order valence-corrected chi connectivity index (χ0v) is 12.1. The van der Waals surface area contributed by atoms with Gasteiger partial charge in [-0.2, -0.15) is 5.26 Å². The maximum Gasteiger partial charge on any atom is 0.349 e. The highest BCUT2D eigenvalue weighted by Gasteiger charge is 2.14. The summed E-state index contributed by atoms with van der Waals surface area (Å²) < 4.78 is 15.6. The number of carbonyl (C=O) groups excluding carboxylic acids is 1. The predicted molar refractivity (Wildman–Crippen MR) is 78.9 cm³/mol. The van der Waals surface area contributed by atoms with Crippen LogP contribution in [0.3, 0.4) is 0 Å². The van der Waals surface area contributed by atoms with E-state index in [1.165, 1.54) is 19.3 Å². The second kappa shape index (κ2) is 8.43. The molecule has 0 radical (unpaired) electrons. The van der Waals surface area contributed by atoms with E-state index in [0.717, 1.165) is 0 Å². The molecule has 0 N–H and O–H groups in total. The lowest BCUT2D eigenvalue weighted by molar-refractivity contribution is -0.137. The topological polar surface area (TPSA) is 68.6 Å². The van der Waals surface area contributed by atoms with Crippen LogP contribution >= 0.6 is 0 Å². The van der Waals surface area contributed by atoms with Crippen LogP contribution in [0.1, 0.15) is 12.5 Å². The summed E-state index contributed by atoms with van der Waals surface area (Å²) in [6.45, 7) is 5.83. The molecule has 0 unspecified atom stereocenters. The normalized spacial score (nSPS) is 10.4. The highest BCUT2D eigenvalue weighted by atomic mass is 16.5. The lowest BCUT2D eigenvalue weighted by Gasteiger charge is -2.11. The van der Waals surface area contributed by atoms with E-state index in [4.69, 9.17) is 19.5 Å². The number of methoxy groups -OCH3 is 1. The molecule has 0 aromatic heterocycles. The summed E-state index contributed by atoms with van der Waals surface area (Å²) in [5.74, 6) is 0.301. The van der Waals surface area contributed by atoms with Gasteiger partial charge in [-0.3, -0.25) is 0 Å². The molecule has 110 valence electrons. The zero-order chi connectivity index (χ0) is 15.7. The molecule has 0 saturated heterocycles. The van der Waals surface area contributed by atoms with Gasteiger partial charge in [0.25, 0.3) is 0 Å². The lowest BCUT2D eigenvalue weighted by atomic mass is 10.1. The van der Waals surface area contributed by atoms with E-state index in [9.17, 15) is 4.79 Å². The zero-order valence-electron chi connectivity index (χ0n) is 12.1. The minimum Gasteiger partial charge on any atom is -0.492 e. The number of hydrogen-bond donors (Lipinski definition) is 0. The van der Waals surface area contributed by atoms with Crippen LogP contribution in [0.25, 0.3) is 6.08 Å². The average Bonchev–Trinajstić information content (AvgIpc) is 2.50. The van der Waals surface area contributed by atoms with Crippen molar-refractivity contribution in [3.63, 3.8) is 0 Å².